The molecule has 0 radical (unpaired) electrons. The molecule has 2 aliphatic rings. The maximum Gasteiger partial charge on any atom is 0.410 e. The molecule has 0 atom stereocenters. The monoisotopic (exact) mass is 240 g/mol. The van der Waals surface area contributed by atoms with Gasteiger partial charge in [-0.3, -0.25) is 4.79 Å². The van der Waals surface area contributed by atoms with E-state index in [-0.39, 0.29) is 23.8 Å². The predicted molar refractivity (Wildman–Crippen MR) is 62.7 cm³/mol. The third kappa shape index (κ3) is 2.44. The molecular weight excluding hydrogens is 220 g/mol. The van der Waals surface area contributed by atoms with E-state index in [1.807, 2.05) is 20.8 Å². The normalized spacial score (nSPS) is 23.5. The van der Waals surface area contributed by atoms with Crippen molar-refractivity contribution in [2.75, 3.05) is 26.2 Å². The number of amides is 1. The second-order valence-corrected chi connectivity index (χ2v) is 5.96. The van der Waals surface area contributed by atoms with Crippen LogP contribution in [-0.2, 0) is 9.53 Å². The van der Waals surface area contributed by atoms with Crippen LogP contribution in [0.1, 0.15) is 27.2 Å². The molecule has 17 heavy (non-hydrogen) atoms. The molecule has 2 heterocycles. The summed E-state index contributed by atoms with van der Waals surface area (Å²) in [7, 11) is 0. The minimum atomic E-state index is -0.507. The number of piperidine rings is 1. The lowest BCUT2D eigenvalue weighted by Crippen LogP contribution is -2.64. The highest BCUT2D eigenvalue weighted by molar-refractivity contribution is 5.91. The molecule has 0 unspecified atom stereocenters. The average molecular weight is 240 g/mol. The summed E-state index contributed by atoms with van der Waals surface area (Å²) in [5.41, 5.74) is -0.703. The smallest absolute Gasteiger partial charge is 0.410 e. The topological polar surface area (TPSA) is 58.6 Å². The zero-order chi connectivity index (χ0) is 12.7. The number of carbonyl (C=O) groups is 2. The van der Waals surface area contributed by atoms with E-state index in [2.05, 4.69) is 5.32 Å². The summed E-state index contributed by atoms with van der Waals surface area (Å²) in [5.74, 6) is 0.161. The third-order valence-corrected chi connectivity index (χ3v) is 3.36. The molecule has 2 aliphatic heterocycles. The molecule has 2 fully saturated rings. The van der Waals surface area contributed by atoms with E-state index in [1.165, 1.54) is 4.90 Å². The summed E-state index contributed by atoms with van der Waals surface area (Å²) in [6.45, 7) is 7.80. The van der Waals surface area contributed by atoms with E-state index >= 15 is 0 Å². The maximum absolute atomic E-state index is 12.0. The Bertz CT molecular complexity index is 342. The molecule has 0 aromatic rings. The molecule has 1 spiro atoms. The Labute approximate surface area is 101 Å². The van der Waals surface area contributed by atoms with Crippen molar-refractivity contribution in [2.45, 2.75) is 32.8 Å². The number of nitrogens with zero attached hydrogens (tertiary/aromatic N) is 1. The minimum Gasteiger partial charge on any atom is -0.444 e. The van der Waals surface area contributed by atoms with Gasteiger partial charge in [0.25, 0.3) is 0 Å². The number of likely N-dealkylation sites (tertiary alicyclic amines) is 1. The van der Waals surface area contributed by atoms with E-state index in [9.17, 15) is 9.59 Å². The fourth-order valence-electron chi connectivity index (χ4n) is 2.19. The SMILES string of the molecule is CC(C)(C)OC(=O)N1CCC2(CNC2)C(=O)C1. The quantitative estimate of drug-likeness (QED) is 0.680. The van der Waals surface area contributed by atoms with Crippen molar-refractivity contribution >= 4 is 11.9 Å². The number of ketones is 1. The average Bonchev–Trinajstić information content (AvgIpc) is 2.12. The van der Waals surface area contributed by atoms with Crippen LogP contribution in [0.3, 0.4) is 0 Å². The number of ether oxygens (including phenoxy) is 1. The molecule has 1 N–H and O–H groups in total. The Morgan fingerprint density at radius 1 is 1.41 bits per heavy atom. The van der Waals surface area contributed by atoms with E-state index in [1.54, 1.807) is 0 Å². The van der Waals surface area contributed by atoms with Gasteiger partial charge in [-0.2, -0.15) is 0 Å². The lowest BCUT2D eigenvalue weighted by atomic mass is 9.72. The first kappa shape index (κ1) is 12.4. The van der Waals surface area contributed by atoms with Crippen LogP contribution in [0.2, 0.25) is 0 Å². The highest BCUT2D eigenvalue weighted by atomic mass is 16.6. The van der Waals surface area contributed by atoms with Crippen molar-refractivity contribution in [3.8, 4) is 0 Å². The van der Waals surface area contributed by atoms with Gasteiger partial charge in [0.1, 0.15) is 5.60 Å². The highest BCUT2D eigenvalue weighted by Gasteiger charge is 2.47. The van der Waals surface area contributed by atoms with Gasteiger partial charge >= 0.3 is 6.09 Å². The molecule has 0 aromatic heterocycles. The van der Waals surface area contributed by atoms with Crippen LogP contribution < -0.4 is 5.32 Å². The van der Waals surface area contributed by atoms with Gasteiger partial charge in [-0.1, -0.05) is 0 Å². The summed E-state index contributed by atoms with van der Waals surface area (Å²) in [5, 5.41) is 3.13. The minimum absolute atomic E-state index is 0.161. The fraction of sp³-hybridized carbons (Fsp3) is 0.833. The van der Waals surface area contributed by atoms with Gasteiger partial charge in [0.05, 0.1) is 12.0 Å². The zero-order valence-corrected chi connectivity index (χ0v) is 10.7. The fourth-order valence-corrected chi connectivity index (χ4v) is 2.19. The molecule has 0 aromatic carbocycles. The van der Waals surface area contributed by atoms with E-state index < -0.39 is 5.60 Å². The molecule has 5 nitrogen and oxygen atoms in total. The molecule has 0 aliphatic carbocycles. The van der Waals surface area contributed by atoms with Gasteiger partial charge in [-0.05, 0) is 27.2 Å². The molecule has 2 saturated heterocycles. The first-order valence-electron chi connectivity index (χ1n) is 6.04. The van der Waals surface area contributed by atoms with Crippen LogP contribution in [0.5, 0.6) is 0 Å². The van der Waals surface area contributed by atoms with Crippen molar-refractivity contribution < 1.29 is 14.3 Å². The molecule has 1 amide bonds. The molecule has 0 saturated carbocycles. The van der Waals surface area contributed by atoms with Crippen LogP contribution in [0.15, 0.2) is 0 Å². The van der Waals surface area contributed by atoms with Crippen molar-refractivity contribution in [1.82, 2.24) is 10.2 Å². The van der Waals surface area contributed by atoms with Gasteiger partial charge in [-0.15, -0.1) is 0 Å². The molecule has 96 valence electrons. The van der Waals surface area contributed by atoms with Crippen LogP contribution >= 0.6 is 0 Å². The van der Waals surface area contributed by atoms with Crippen LogP contribution in [0, 0.1) is 5.41 Å². The number of hydrogen-bond donors (Lipinski definition) is 1. The number of hydrogen-bond acceptors (Lipinski definition) is 4. The molecular formula is C12H20N2O3. The summed E-state index contributed by atoms with van der Waals surface area (Å²) < 4.78 is 5.26. The first-order valence-corrected chi connectivity index (χ1v) is 6.04. The Balaban J connectivity index is 1.93. The largest absolute Gasteiger partial charge is 0.444 e. The summed E-state index contributed by atoms with van der Waals surface area (Å²) in [6, 6.07) is 0. The molecule has 0 bridgehead atoms. The Morgan fingerprint density at radius 2 is 2.06 bits per heavy atom. The van der Waals surface area contributed by atoms with Gasteiger partial charge in [0, 0.05) is 19.6 Å². The zero-order valence-electron chi connectivity index (χ0n) is 10.7. The van der Waals surface area contributed by atoms with E-state index in [0.29, 0.717) is 6.54 Å². The number of carbonyl (C=O) groups excluding carboxylic acids is 2. The van der Waals surface area contributed by atoms with E-state index in [0.717, 1.165) is 19.5 Å². The predicted octanol–water partition coefficient (Wildman–Crippen LogP) is 0.786. The van der Waals surface area contributed by atoms with Gasteiger partial charge in [0.2, 0.25) is 0 Å². The lowest BCUT2D eigenvalue weighted by Gasteiger charge is -2.46. The van der Waals surface area contributed by atoms with Gasteiger partial charge in [-0.25, -0.2) is 4.79 Å². The van der Waals surface area contributed by atoms with Crippen LogP contribution in [-0.4, -0.2) is 48.6 Å². The Hall–Kier alpha value is -1.10. The van der Waals surface area contributed by atoms with Gasteiger partial charge in [0.15, 0.2) is 5.78 Å². The Morgan fingerprint density at radius 3 is 2.47 bits per heavy atom. The van der Waals surface area contributed by atoms with Gasteiger partial charge < -0.3 is 15.0 Å². The second-order valence-electron chi connectivity index (χ2n) is 5.96. The van der Waals surface area contributed by atoms with Crippen molar-refractivity contribution in [2.24, 2.45) is 5.41 Å². The number of Topliss-reactive ketones (excluding diaryl/α,β-unsaturated/α-hetero) is 1. The van der Waals surface area contributed by atoms with Crippen molar-refractivity contribution in [3.05, 3.63) is 0 Å². The summed E-state index contributed by atoms with van der Waals surface area (Å²) >= 11 is 0. The summed E-state index contributed by atoms with van der Waals surface area (Å²) in [4.78, 5) is 25.3. The maximum atomic E-state index is 12.0. The second kappa shape index (κ2) is 3.98. The van der Waals surface area contributed by atoms with Crippen LogP contribution in [0.25, 0.3) is 0 Å². The van der Waals surface area contributed by atoms with Crippen LogP contribution in [0.4, 0.5) is 4.79 Å². The lowest BCUT2D eigenvalue weighted by molar-refractivity contribution is -0.137. The van der Waals surface area contributed by atoms with Crippen molar-refractivity contribution in [1.29, 1.82) is 0 Å². The summed E-state index contributed by atoms with van der Waals surface area (Å²) in [6.07, 6.45) is 0.367. The van der Waals surface area contributed by atoms with E-state index in [4.69, 9.17) is 4.74 Å². The Kier molecular flexibility index (Phi) is 2.89. The molecule has 2 rings (SSSR count). The first-order chi connectivity index (χ1) is 7.82. The number of rotatable bonds is 0. The van der Waals surface area contributed by atoms with Crippen molar-refractivity contribution in [3.63, 3.8) is 0 Å². The third-order valence-electron chi connectivity index (χ3n) is 3.36. The highest BCUT2D eigenvalue weighted by Crippen LogP contribution is 2.32. The standard InChI is InChI=1S/C12H20N2O3/c1-11(2,3)17-10(16)14-5-4-12(7-13-8-12)9(15)6-14/h13H,4-8H2,1-3H3. The number of nitrogens with one attached hydrogen (secondary N) is 1. The molecule has 5 heteroatoms.